The van der Waals surface area contributed by atoms with Gasteiger partial charge in [0.05, 0.1) is 11.1 Å². The van der Waals surface area contributed by atoms with Crippen molar-refractivity contribution in [2.24, 2.45) is 5.73 Å². The highest BCUT2D eigenvalue weighted by Gasteiger charge is 2.38. The third kappa shape index (κ3) is 3.54. The second-order valence-corrected chi connectivity index (χ2v) is 3.67. The monoisotopic (exact) mass is 290 g/mol. The first-order valence-corrected chi connectivity index (χ1v) is 5.15. The van der Waals surface area contributed by atoms with Crippen LogP contribution in [0.15, 0.2) is 18.2 Å². The minimum Gasteiger partial charge on any atom is -0.475 e. The van der Waals surface area contributed by atoms with Crippen LogP contribution in [0, 0.1) is 0 Å². The van der Waals surface area contributed by atoms with E-state index in [1.54, 1.807) is 18.2 Å². The highest BCUT2D eigenvalue weighted by Crippen LogP contribution is 2.16. The van der Waals surface area contributed by atoms with Crippen molar-refractivity contribution in [1.29, 1.82) is 0 Å². The standard InChI is InChI=1S/C9H8N2O2.C2HF3O2/c10-4-5-1-2-6-7(3-5)9(13)11-8(6)12;3-2(4,5)1(6)7/h1-3H,4,10H2,(H,11,12,13);(H,6,7). The highest BCUT2D eigenvalue weighted by atomic mass is 19.4. The molecule has 1 heterocycles. The molecule has 0 unspecified atom stereocenters. The Morgan fingerprint density at radius 3 is 2.15 bits per heavy atom. The van der Waals surface area contributed by atoms with Gasteiger partial charge in [-0.05, 0) is 17.7 Å². The molecule has 0 saturated carbocycles. The summed E-state index contributed by atoms with van der Waals surface area (Å²) in [4.78, 5) is 31.2. The van der Waals surface area contributed by atoms with Crippen molar-refractivity contribution < 1.29 is 32.7 Å². The molecule has 1 aromatic carbocycles. The molecule has 0 atom stereocenters. The van der Waals surface area contributed by atoms with Crippen LogP contribution in [0.2, 0.25) is 0 Å². The fraction of sp³-hybridized carbons (Fsp3) is 0.182. The van der Waals surface area contributed by atoms with Crippen molar-refractivity contribution in [3.05, 3.63) is 34.9 Å². The van der Waals surface area contributed by atoms with Crippen molar-refractivity contribution in [1.82, 2.24) is 5.32 Å². The van der Waals surface area contributed by atoms with E-state index in [0.29, 0.717) is 17.7 Å². The van der Waals surface area contributed by atoms with Crippen molar-refractivity contribution in [3.63, 3.8) is 0 Å². The fourth-order valence-corrected chi connectivity index (χ4v) is 1.34. The van der Waals surface area contributed by atoms with Crippen LogP contribution in [-0.2, 0) is 11.3 Å². The minimum atomic E-state index is -5.08. The molecule has 1 aliphatic heterocycles. The molecule has 9 heteroatoms. The Morgan fingerprint density at radius 1 is 1.20 bits per heavy atom. The third-order valence-corrected chi connectivity index (χ3v) is 2.28. The number of carbonyl (C=O) groups excluding carboxylic acids is 2. The van der Waals surface area contributed by atoms with Gasteiger partial charge in [0.15, 0.2) is 0 Å². The van der Waals surface area contributed by atoms with Crippen LogP contribution in [-0.4, -0.2) is 29.1 Å². The lowest BCUT2D eigenvalue weighted by Gasteiger charge is -1.97. The van der Waals surface area contributed by atoms with E-state index in [1.165, 1.54) is 0 Å². The summed E-state index contributed by atoms with van der Waals surface area (Å²) in [7, 11) is 0. The molecular weight excluding hydrogens is 281 g/mol. The maximum Gasteiger partial charge on any atom is 0.490 e. The second kappa shape index (κ2) is 5.70. The topological polar surface area (TPSA) is 109 Å². The maximum atomic E-state index is 11.2. The summed E-state index contributed by atoms with van der Waals surface area (Å²) in [6, 6.07) is 5.02. The molecule has 108 valence electrons. The molecule has 1 aromatic rings. The van der Waals surface area contributed by atoms with Gasteiger partial charge in [-0.15, -0.1) is 0 Å². The van der Waals surface area contributed by atoms with Gasteiger partial charge >= 0.3 is 12.1 Å². The summed E-state index contributed by atoms with van der Waals surface area (Å²) in [5, 5.41) is 9.34. The number of fused-ring (bicyclic) bond motifs is 1. The van der Waals surface area contributed by atoms with Gasteiger partial charge in [0, 0.05) is 6.54 Å². The summed E-state index contributed by atoms with van der Waals surface area (Å²) < 4.78 is 31.7. The van der Waals surface area contributed by atoms with Crippen molar-refractivity contribution in [3.8, 4) is 0 Å². The number of nitrogens with two attached hydrogens (primary N) is 1. The Hall–Kier alpha value is -2.42. The zero-order chi connectivity index (χ0) is 15.5. The van der Waals surface area contributed by atoms with Crippen molar-refractivity contribution >= 4 is 17.8 Å². The number of hydrogen-bond donors (Lipinski definition) is 3. The van der Waals surface area contributed by atoms with Crippen LogP contribution < -0.4 is 11.1 Å². The molecule has 2 rings (SSSR count). The van der Waals surface area contributed by atoms with E-state index in [0.717, 1.165) is 5.56 Å². The zero-order valence-corrected chi connectivity index (χ0v) is 9.82. The number of aliphatic carboxylic acids is 1. The van der Waals surface area contributed by atoms with E-state index < -0.39 is 12.1 Å². The Labute approximate surface area is 110 Å². The summed E-state index contributed by atoms with van der Waals surface area (Å²) in [5.41, 5.74) is 7.11. The molecule has 0 radical (unpaired) electrons. The average Bonchev–Trinajstić information content (AvgIpc) is 2.64. The van der Waals surface area contributed by atoms with E-state index in [-0.39, 0.29) is 11.8 Å². The molecule has 2 amide bonds. The van der Waals surface area contributed by atoms with Crippen molar-refractivity contribution in [2.75, 3.05) is 0 Å². The van der Waals surface area contributed by atoms with Gasteiger partial charge in [-0.3, -0.25) is 14.9 Å². The Morgan fingerprint density at radius 2 is 1.70 bits per heavy atom. The quantitative estimate of drug-likeness (QED) is 0.658. The van der Waals surface area contributed by atoms with E-state index >= 15 is 0 Å². The second-order valence-electron chi connectivity index (χ2n) is 3.67. The van der Waals surface area contributed by atoms with Gasteiger partial charge < -0.3 is 10.8 Å². The number of halogens is 3. The van der Waals surface area contributed by atoms with Crippen LogP contribution in [0.3, 0.4) is 0 Å². The number of benzene rings is 1. The molecular formula is C11H9F3N2O4. The van der Waals surface area contributed by atoms with E-state index in [9.17, 15) is 22.8 Å². The van der Waals surface area contributed by atoms with Gasteiger partial charge in [0.25, 0.3) is 11.8 Å². The fourth-order valence-electron chi connectivity index (χ4n) is 1.34. The van der Waals surface area contributed by atoms with Crippen LogP contribution in [0.4, 0.5) is 13.2 Å². The zero-order valence-electron chi connectivity index (χ0n) is 9.82. The lowest BCUT2D eigenvalue weighted by Crippen LogP contribution is -2.21. The van der Waals surface area contributed by atoms with Crippen LogP contribution in [0.25, 0.3) is 0 Å². The molecule has 20 heavy (non-hydrogen) atoms. The van der Waals surface area contributed by atoms with Gasteiger partial charge in [-0.2, -0.15) is 13.2 Å². The van der Waals surface area contributed by atoms with Gasteiger partial charge in [-0.1, -0.05) is 6.07 Å². The van der Waals surface area contributed by atoms with Gasteiger partial charge in [0.2, 0.25) is 0 Å². The van der Waals surface area contributed by atoms with E-state index in [1.807, 2.05) is 0 Å². The number of carboxylic acids is 1. The third-order valence-electron chi connectivity index (χ3n) is 2.28. The average molecular weight is 290 g/mol. The number of amides is 2. The molecule has 4 N–H and O–H groups in total. The molecule has 0 aliphatic carbocycles. The summed E-state index contributed by atoms with van der Waals surface area (Å²) in [5.74, 6) is -3.42. The van der Waals surface area contributed by atoms with Crippen LogP contribution in [0.5, 0.6) is 0 Å². The number of rotatable bonds is 1. The molecule has 0 fully saturated rings. The van der Waals surface area contributed by atoms with E-state index in [2.05, 4.69) is 5.32 Å². The Balaban J connectivity index is 0.000000246. The van der Waals surface area contributed by atoms with E-state index in [4.69, 9.17) is 15.6 Å². The predicted octanol–water partition coefficient (Wildman–Crippen LogP) is 0.662. The smallest absolute Gasteiger partial charge is 0.475 e. The Kier molecular flexibility index (Phi) is 4.45. The number of imide groups is 1. The normalized spacial score (nSPS) is 13.2. The van der Waals surface area contributed by atoms with Gasteiger partial charge in [-0.25, -0.2) is 4.79 Å². The molecule has 1 aliphatic rings. The number of alkyl halides is 3. The SMILES string of the molecule is NCc1ccc2c(c1)C(=O)NC2=O.O=C(O)C(F)(F)F. The van der Waals surface area contributed by atoms with Crippen LogP contribution in [0.1, 0.15) is 26.3 Å². The molecule has 0 spiro atoms. The molecule has 0 aromatic heterocycles. The highest BCUT2D eigenvalue weighted by molar-refractivity contribution is 6.21. The van der Waals surface area contributed by atoms with Crippen molar-refractivity contribution in [2.45, 2.75) is 12.7 Å². The molecule has 0 bridgehead atoms. The first-order chi connectivity index (χ1) is 9.16. The lowest BCUT2D eigenvalue weighted by atomic mass is 10.1. The molecule has 6 nitrogen and oxygen atoms in total. The summed E-state index contributed by atoms with van der Waals surface area (Å²) >= 11 is 0. The maximum absolute atomic E-state index is 11.2. The molecule has 0 saturated heterocycles. The summed E-state index contributed by atoms with van der Waals surface area (Å²) in [6.45, 7) is 0.370. The minimum absolute atomic E-state index is 0.330. The lowest BCUT2D eigenvalue weighted by molar-refractivity contribution is -0.192. The van der Waals surface area contributed by atoms with Gasteiger partial charge in [0.1, 0.15) is 0 Å². The Bertz CT molecular complexity index is 569. The number of nitrogens with one attached hydrogen (secondary N) is 1. The number of carbonyl (C=O) groups is 3. The predicted molar refractivity (Wildman–Crippen MR) is 59.8 cm³/mol. The van der Waals surface area contributed by atoms with Crippen LogP contribution >= 0.6 is 0 Å². The first-order valence-electron chi connectivity index (χ1n) is 5.15. The summed E-state index contributed by atoms with van der Waals surface area (Å²) in [6.07, 6.45) is -5.08. The number of carboxylic acid groups (broad SMARTS) is 1. The number of hydrogen-bond acceptors (Lipinski definition) is 4. The first kappa shape index (κ1) is 15.6. The largest absolute Gasteiger partial charge is 0.490 e.